The Bertz CT molecular complexity index is 1120. The van der Waals surface area contributed by atoms with Gasteiger partial charge in [0.1, 0.15) is 12.3 Å². The molecule has 1 aliphatic heterocycles. The fourth-order valence-corrected chi connectivity index (χ4v) is 4.02. The second kappa shape index (κ2) is 8.47. The average molecular weight is 436 g/mol. The second-order valence-electron chi connectivity index (χ2n) is 7.32. The Labute approximate surface area is 176 Å². The third kappa shape index (κ3) is 4.48. The number of pyridine rings is 1. The highest BCUT2D eigenvalue weighted by Gasteiger charge is 2.25. The lowest BCUT2D eigenvalue weighted by molar-refractivity contribution is -0.133. The molecular weight excluding hydrogens is 416 g/mol. The maximum atomic E-state index is 12.6. The molecule has 1 fully saturated rings. The van der Waals surface area contributed by atoms with Crippen LogP contribution in [-0.2, 0) is 11.3 Å². The zero-order chi connectivity index (χ0) is 21.3. The molecule has 0 atom stereocenters. The molecule has 1 N–H and O–H groups in total. The lowest BCUT2D eigenvalue weighted by atomic mass is 9.93. The molecule has 0 spiro atoms. The van der Waals surface area contributed by atoms with Crippen molar-refractivity contribution in [1.82, 2.24) is 14.5 Å². The van der Waals surface area contributed by atoms with Crippen molar-refractivity contribution in [2.75, 3.05) is 13.1 Å². The fraction of sp³-hybridized carbons (Fsp3) is 0.333. The van der Waals surface area contributed by atoms with E-state index in [1.54, 1.807) is 17.0 Å². The van der Waals surface area contributed by atoms with Gasteiger partial charge in [0.15, 0.2) is 0 Å². The summed E-state index contributed by atoms with van der Waals surface area (Å²) < 4.78 is 30.6. The largest absolute Gasteiger partial charge is 0.435 e. The molecule has 0 radical (unpaired) electrons. The Morgan fingerprint density at radius 3 is 2.70 bits per heavy atom. The van der Waals surface area contributed by atoms with Gasteiger partial charge in [-0.3, -0.25) is 9.59 Å². The van der Waals surface area contributed by atoms with Crippen LogP contribution in [0.15, 0.2) is 47.4 Å². The van der Waals surface area contributed by atoms with Gasteiger partial charge in [-0.2, -0.15) is 8.78 Å². The van der Waals surface area contributed by atoms with Gasteiger partial charge >= 0.3 is 6.61 Å². The second-order valence-corrected chi connectivity index (χ2v) is 7.76. The number of piperidine rings is 1. The summed E-state index contributed by atoms with van der Waals surface area (Å²) in [6.45, 7) is -1.74. The lowest BCUT2D eigenvalue weighted by Gasteiger charge is -2.31. The summed E-state index contributed by atoms with van der Waals surface area (Å²) in [6.07, 6.45) is 3.00. The first-order chi connectivity index (χ1) is 14.4. The van der Waals surface area contributed by atoms with Crippen LogP contribution >= 0.6 is 11.6 Å². The van der Waals surface area contributed by atoms with E-state index in [1.165, 1.54) is 29.0 Å². The summed E-state index contributed by atoms with van der Waals surface area (Å²) >= 11 is 5.91. The molecule has 0 aliphatic carbocycles. The van der Waals surface area contributed by atoms with Crippen molar-refractivity contribution in [3.63, 3.8) is 0 Å². The van der Waals surface area contributed by atoms with Crippen LogP contribution in [0.2, 0.25) is 5.02 Å². The van der Waals surface area contributed by atoms with Gasteiger partial charge in [-0.15, -0.1) is 0 Å². The summed E-state index contributed by atoms with van der Waals surface area (Å²) in [5.74, 6) is 0.234. The Morgan fingerprint density at radius 2 is 1.97 bits per heavy atom. The van der Waals surface area contributed by atoms with Crippen molar-refractivity contribution < 1.29 is 18.3 Å². The molecule has 6 nitrogen and oxygen atoms in total. The van der Waals surface area contributed by atoms with Crippen LogP contribution in [0.5, 0.6) is 5.75 Å². The van der Waals surface area contributed by atoms with Crippen LogP contribution in [0.25, 0.3) is 10.9 Å². The quantitative estimate of drug-likeness (QED) is 0.659. The van der Waals surface area contributed by atoms with Crippen LogP contribution in [0, 0.1) is 0 Å². The number of aromatic amines is 1. The SMILES string of the molecule is O=C(Cn1cc(Cl)ccc1=O)N1CCC(c2cc3cc(OC(F)F)ccc3[nH]2)CC1. The van der Waals surface area contributed by atoms with Crippen molar-refractivity contribution >= 4 is 28.4 Å². The molecule has 30 heavy (non-hydrogen) atoms. The molecule has 0 unspecified atom stereocenters. The molecular formula is C21H20ClF2N3O3. The highest BCUT2D eigenvalue weighted by Crippen LogP contribution is 2.31. The first-order valence-corrected chi connectivity index (χ1v) is 9.98. The van der Waals surface area contributed by atoms with E-state index >= 15 is 0 Å². The monoisotopic (exact) mass is 435 g/mol. The van der Waals surface area contributed by atoms with Crippen molar-refractivity contribution in [2.45, 2.75) is 31.9 Å². The van der Waals surface area contributed by atoms with E-state index < -0.39 is 6.61 Å². The minimum absolute atomic E-state index is 0.0383. The molecule has 9 heteroatoms. The minimum atomic E-state index is -2.86. The van der Waals surface area contributed by atoms with Crippen LogP contribution in [0.1, 0.15) is 24.5 Å². The van der Waals surface area contributed by atoms with E-state index in [2.05, 4.69) is 9.72 Å². The predicted octanol–water partition coefficient (Wildman–Crippen LogP) is 3.99. The Morgan fingerprint density at radius 1 is 1.20 bits per heavy atom. The van der Waals surface area contributed by atoms with Crippen LogP contribution in [0.4, 0.5) is 8.78 Å². The zero-order valence-corrected chi connectivity index (χ0v) is 16.7. The minimum Gasteiger partial charge on any atom is -0.435 e. The lowest BCUT2D eigenvalue weighted by Crippen LogP contribution is -2.41. The molecule has 4 rings (SSSR count). The van der Waals surface area contributed by atoms with Gasteiger partial charge < -0.3 is 19.2 Å². The summed E-state index contributed by atoms with van der Waals surface area (Å²) in [5.41, 5.74) is 1.60. The molecule has 0 bridgehead atoms. The number of nitrogens with zero attached hydrogens (tertiary/aromatic N) is 2. The number of hydrogen-bond donors (Lipinski definition) is 1. The Hall–Kier alpha value is -2.87. The molecule has 3 aromatic rings. The van der Waals surface area contributed by atoms with Crippen LogP contribution in [-0.4, -0.2) is 40.1 Å². The molecule has 1 aromatic carbocycles. The highest BCUT2D eigenvalue weighted by molar-refractivity contribution is 6.30. The number of likely N-dealkylation sites (tertiary alicyclic amines) is 1. The number of rotatable bonds is 5. The first-order valence-electron chi connectivity index (χ1n) is 9.60. The molecule has 158 valence electrons. The number of halogens is 3. The number of H-pyrrole nitrogens is 1. The number of ether oxygens (including phenoxy) is 1. The molecule has 1 aliphatic rings. The summed E-state index contributed by atoms with van der Waals surface area (Å²) in [6, 6.07) is 9.60. The summed E-state index contributed by atoms with van der Waals surface area (Å²) in [7, 11) is 0. The van der Waals surface area contributed by atoms with Gasteiger partial charge in [0.25, 0.3) is 5.56 Å². The summed E-state index contributed by atoms with van der Waals surface area (Å²) in [4.78, 5) is 29.5. The van der Waals surface area contributed by atoms with E-state index in [0.29, 0.717) is 18.1 Å². The number of amides is 1. The number of aromatic nitrogens is 2. The smallest absolute Gasteiger partial charge is 0.387 e. The van der Waals surface area contributed by atoms with E-state index in [9.17, 15) is 18.4 Å². The third-order valence-electron chi connectivity index (χ3n) is 5.38. The van der Waals surface area contributed by atoms with Crippen molar-refractivity contribution in [2.24, 2.45) is 0 Å². The van der Waals surface area contributed by atoms with Gasteiger partial charge in [-0.1, -0.05) is 11.6 Å². The number of carbonyl (C=O) groups is 1. The number of fused-ring (bicyclic) bond motifs is 1. The van der Waals surface area contributed by atoms with Crippen molar-refractivity contribution in [3.8, 4) is 5.75 Å². The Kier molecular flexibility index (Phi) is 5.76. The number of nitrogens with one attached hydrogen (secondary N) is 1. The van der Waals surface area contributed by atoms with Gasteiger partial charge in [0, 0.05) is 47.9 Å². The normalized spacial score (nSPS) is 15.1. The van der Waals surface area contributed by atoms with Crippen molar-refractivity contribution in [3.05, 3.63) is 63.7 Å². The van der Waals surface area contributed by atoms with Gasteiger partial charge in [0.05, 0.1) is 5.02 Å². The summed E-state index contributed by atoms with van der Waals surface area (Å²) in [5, 5.41) is 1.21. The number of alkyl halides is 2. The fourth-order valence-electron chi connectivity index (χ4n) is 3.84. The standard InChI is InChI=1S/C21H20ClF2N3O3/c22-15-1-4-19(28)27(11-15)12-20(29)26-7-5-13(6-8-26)18-10-14-9-16(30-21(23)24)2-3-17(14)25-18/h1-4,9-11,13,21,25H,5-8,12H2. The molecule has 3 heterocycles. The molecule has 0 saturated carbocycles. The number of hydrogen-bond acceptors (Lipinski definition) is 3. The molecule has 1 amide bonds. The number of carbonyl (C=O) groups excluding carboxylic acids is 1. The van der Waals surface area contributed by atoms with E-state index in [1.807, 2.05) is 6.07 Å². The zero-order valence-electron chi connectivity index (χ0n) is 16.0. The Balaban J connectivity index is 1.39. The van der Waals surface area contributed by atoms with Crippen LogP contribution < -0.4 is 10.3 Å². The van der Waals surface area contributed by atoms with Gasteiger partial charge in [0.2, 0.25) is 5.91 Å². The van der Waals surface area contributed by atoms with E-state index in [0.717, 1.165) is 29.4 Å². The maximum Gasteiger partial charge on any atom is 0.387 e. The first kappa shape index (κ1) is 20.4. The van der Waals surface area contributed by atoms with Crippen molar-refractivity contribution in [1.29, 1.82) is 0 Å². The topological polar surface area (TPSA) is 67.3 Å². The predicted molar refractivity (Wildman–Crippen MR) is 109 cm³/mol. The molecule has 1 saturated heterocycles. The van der Waals surface area contributed by atoms with Crippen LogP contribution in [0.3, 0.4) is 0 Å². The molecule has 2 aromatic heterocycles. The van der Waals surface area contributed by atoms with Gasteiger partial charge in [-0.05, 0) is 43.2 Å². The van der Waals surface area contributed by atoms with E-state index in [4.69, 9.17) is 11.6 Å². The average Bonchev–Trinajstić information content (AvgIpc) is 3.14. The third-order valence-corrected chi connectivity index (χ3v) is 5.60. The van der Waals surface area contributed by atoms with E-state index in [-0.39, 0.29) is 29.7 Å². The number of benzene rings is 1. The van der Waals surface area contributed by atoms with Gasteiger partial charge in [-0.25, -0.2) is 0 Å². The highest BCUT2D eigenvalue weighted by atomic mass is 35.5. The maximum absolute atomic E-state index is 12.6.